The molecular weight excluding hydrogens is 266 g/mol. The molecule has 0 spiro atoms. The third-order valence-corrected chi connectivity index (χ3v) is 3.18. The molecule has 0 atom stereocenters. The lowest BCUT2D eigenvalue weighted by Gasteiger charge is -2.07. The molecule has 0 bridgehead atoms. The van der Waals surface area contributed by atoms with Crippen LogP contribution in [0.15, 0.2) is 42.9 Å². The molecule has 0 amide bonds. The van der Waals surface area contributed by atoms with Gasteiger partial charge in [-0.25, -0.2) is 4.68 Å². The minimum absolute atomic E-state index is 0.546. The number of benzene rings is 1. The zero-order chi connectivity index (χ0) is 14.8. The van der Waals surface area contributed by atoms with Crippen molar-refractivity contribution in [2.45, 2.75) is 6.92 Å². The van der Waals surface area contributed by atoms with Gasteiger partial charge in [0.15, 0.2) is 0 Å². The molecule has 0 aliphatic rings. The van der Waals surface area contributed by atoms with E-state index in [2.05, 4.69) is 15.1 Å². The average molecular weight is 281 g/mol. The van der Waals surface area contributed by atoms with E-state index in [1.807, 2.05) is 31.2 Å². The first-order valence-corrected chi connectivity index (χ1v) is 6.47. The Morgan fingerprint density at radius 3 is 2.62 bits per heavy atom. The number of para-hydroxylation sites is 2. The summed E-state index contributed by atoms with van der Waals surface area (Å²) in [7, 11) is 1.62. The maximum Gasteiger partial charge on any atom is 0.144 e. The number of methoxy groups -OCH3 is 1. The van der Waals surface area contributed by atoms with Crippen molar-refractivity contribution in [2.24, 2.45) is 0 Å². The molecule has 1 aromatic carbocycles. The second-order valence-corrected chi connectivity index (χ2v) is 4.54. The predicted octanol–water partition coefficient (Wildman–Crippen LogP) is 2.23. The van der Waals surface area contributed by atoms with Gasteiger partial charge in [-0.3, -0.25) is 9.97 Å². The number of nitrogens with two attached hydrogens (primary N) is 1. The number of ether oxygens (including phenoxy) is 1. The van der Waals surface area contributed by atoms with Crippen molar-refractivity contribution in [3.8, 4) is 22.8 Å². The Labute approximate surface area is 122 Å². The lowest BCUT2D eigenvalue weighted by molar-refractivity contribution is 0.412. The smallest absolute Gasteiger partial charge is 0.144 e. The first kappa shape index (κ1) is 13.1. The van der Waals surface area contributed by atoms with E-state index >= 15 is 0 Å². The van der Waals surface area contributed by atoms with Crippen molar-refractivity contribution in [1.29, 1.82) is 0 Å². The van der Waals surface area contributed by atoms with Gasteiger partial charge < -0.3 is 10.5 Å². The van der Waals surface area contributed by atoms with E-state index in [9.17, 15) is 0 Å². The number of aromatic nitrogens is 4. The van der Waals surface area contributed by atoms with Crippen LogP contribution in [0.3, 0.4) is 0 Å². The fourth-order valence-corrected chi connectivity index (χ4v) is 2.15. The summed E-state index contributed by atoms with van der Waals surface area (Å²) in [5.41, 5.74) is 9.53. The predicted molar refractivity (Wildman–Crippen MR) is 80.3 cm³/mol. The highest BCUT2D eigenvalue weighted by Crippen LogP contribution is 2.28. The summed E-state index contributed by atoms with van der Waals surface area (Å²) in [6.45, 7) is 1.88. The van der Waals surface area contributed by atoms with Crippen LogP contribution in [0.1, 0.15) is 5.69 Å². The summed E-state index contributed by atoms with van der Waals surface area (Å²) in [5.74, 6) is 0.724. The Morgan fingerprint density at radius 2 is 1.86 bits per heavy atom. The summed E-state index contributed by atoms with van der Waals surface area (Å²) in [5, 5.41) is 4.53. The Morgan fingerprint density at radius 1 is 1.10 bits per heavy atom. The molecule has 2 N–H and O–H groups in total. The SMILES string of the molecule is COc1ccccc1-n1cc(N)c(-c2nccnc2C)n1. The van der Waals surface area contributed by atoms with E-state index in [0.29, 0.717) is 17.1 Å². The first-order valence-electron chi connectivity index (χ1n) is 6.47. The fraction of sp³-hybridized carbons (Fsp3) is 0.133. The van der Waals surface area contributed by atoms with E-state index in [1.165, 1.54) is 0 Å². The van der Waals surface area contributed by atoms with Gasteiger partial charge >= 0.3 is 0 Å². The van der Waals surface area contributed by atoms with E-state index in [4.69, 9.17) is 10.5 Å². The Kier molecular flexibility index (Phi) is 3.27. The Bertz CT molecular complexity index is 781. The highest BCUT2D eigenvalue weighted by Gasteiger charge is 2.15. The molecule has 2 heterocycles. The Hall–Kier alpha value is -2.89. The third kappa shape index (κ3) is 2.31. The van der Waals surface area contributed by atoms with E-state index < -0.39 is 0 Å². The second-order valence-electron chi connectivity index (χ2n) is 4.54. The number of hydrogen-bond donors (Lipinski definition) is 1. The van der Waals surface area contributed by atoms with Crippen LogP contribution in [-0.4, -0.2) is 26.9 Å². The maximum absolute atomic E-state index is 6.08. The van der Waals surface area contributed by atoms with E-state index in [0.717, 1.165) is 17.1 Å². The van der Waals surface area contributed by atoms with Crippen LogP contribution < -0.4 is 10.5 Å². The van der Waals surface area contributed by atoms with Crippen molar-refractivity contribution in [3.05, 3.63) is 48.5 Å². The number of hydrogen-bond acceptors (Lipinski definition) is 5. The summed E-state index contributed by atoms with van der Waals surface area (Å²) in [4.78, 5) is 8.53. The molecule has 0 unspecified atom stereocenters. The standard InChI is InChI=1S/C15H15N5O/c1-10-14(18-8-7-17-10)15-11(16)9-20(19-15)12-5-3-4-6-13(12)21-2/h3-9H,16H2,1-2H3. The average Bonchev–Trinajstić information content (AvgIpc) is 2.89. The van der Waals surface area contributed by atoms with Crippen molar-refractivity contribution in [2.75, 3.05) is 12.8 Å². The molecule has 106 valence electrons. The molecule has 6 heteroatoms. The summed E-state index contributed by atoms with van der Waals surface area (Å²) < 4.78 is 7.04. The van der Waals surface area contributed by atoms with Crippen LogP contribution in [0.5, 0.6) is 5.75 Å². The number of anilines is 1. The summed E-state index contributed by atoms with van der Waals surface area (Å²) in [6, 6.07) is 7.62. The zero-order valence-electron chi connectivity index (χ0n) is 11.8. The molecule has 0 aliphatic heterocycles. The molecule has 3 rings (SSSR count). The van der Waals surface area contributed by atoms with Crippen LogP contribution >= 0.6 is 0 Å². The highest BCUT2D eigenvalue weighted by atomic mass is 16.5. The Balaban J connectivity index is 2.12. The lowest BCUT2D eigenvalue weighted by atomic mass is 10.2. The van der Waals surface area contributed by atoms with E-state index in [-0.39, 0.29) is 0 Å². The van der Waals surface area contributed by atoms with Crippen LogP contribution in [0.25, 0.3) is 17.1 Å². The molecule has 0 fully saturated rings. The van der Waals surface area contributed by atoms with Crippen molar-refractivity contribution in [3.63, 3.8) is 0 Å². The monoisotopic (exact) mass is 281 g/mol. The van der Waals surface area contributed by atoms with E-state index in [1.54, 1.807) is 30.4 Å². The number of nitrogen functional groups attached to an aromatic ring is 1. The summed E-state index contributed by atoms with van der Waals surface area (Å²) >= 11 is 0. The molecule has 2 aromatic heterocycles. The normalized spacial score (nSPS) is 10.6. The van der Waals surface area contributed by atoms with Gasteiger partial charge in [-0.05, 0) is 19.1 Å². The minimum atomic E-state index is 0.546. The van der Waals surface area contributed by atoms with Gasteiger partial charge in [0, 0.05) is 12.4 Å². The first-order chi connectivity index (χ1) is 10.2. The number of aryl methyl sites for hydroxylation is 1. The lowest BCUT2D eigenvalue weighted by Crippen LogP contribution is -1.99. The topological polar surface area (TPSA) is 78.9 Å². The van der Waals surface area contributed by atoms with Crippen molar-refractivity contribution < 1.29 is 4.74 Å². The minimum Gasteiger partial charge on any atom is -0.494 e. The molecular formula is C15H15N5O. The highest BCUT2D eigenvalue weighted by molar-refractivity contribution is 5.71. The number of rotatable bonds is 3. The van der Waals surface area contributed by atoms with Gasteiger partial charge in [0.2, 0.25) is 0 Å². The fourth-order valence-electron chi connectivity index (χ4n) is 2.15. The molecule has 0 saturated heterocycles. The number of nitrogens with zero attached hydrogens (tertiary/aromatic N) is 4. The molecule has 0 radical (unpaired) electrons. The van der Waals surface area contributed by atoms with Gasteiger partial charge in [-0.15, -0.1) is 0 Å². The molecule has 0 aliphatic carbocycles. The van der Waals surface area contributed by atoms with Crippen molar-refractivity contribution >= 4 is 5.69 Å². The van der Waals surface area contributed by atoms with Crippen LogP contribution in [0.4, 0.5) is 5.69 Å². The molecule has 21 heavy (non-hydrogen) atoms. The van der Waals surface area contributed by atoms with Crippen LogP contribution in [0.2, 0.25) is 0 Å². The van der Waals surface area contributed by atoms with Gasteiger partial charge in [-0.2, -0.15) is 5.10 Å². The summed E-state index contributed by atoms with van der Waals surface area (Å²) in [6.07, 6.45) is 5.03. The quantitative estimate of drug-likeness (QED) is 0.796. The zero-order valence-corrected chi connectivity index (χ0v) is 11.8. The molecule has 6 nitrogen and oxygen atoms in total. The molecule has 3 aromatic rings. The van der Waals surface area contributed by atoms with Gasteiger partial charge in [0.25, 0.3) is 0 Å². The third-order valence-electron chi connectivity index (χ3n) is 3.18. The van der Waals surface area contributed by atoms with Crippen molar-refractivity contribution in [1.82, 2.24) is 19.7 Å². The maximum atomic E-state index is 6.08. The molecule has 0 saturated carbocycles. The largest absolute Gasteiger partial charge is 0.494 e. The van der Waals surface area contributed by atoms with Crippen LogP contribution in [-0.2, 0) is 0 Å². The second kappa shape index (κ2) is 5.24. The van der Waals surface area contributed by atoms with Crippen LogP contribution in [0, 0.1) is 6.92 Å². The van der Waals surface area contributed by atoms with Gasteiger partial charge in [0.1, 0.15) is 22.8 Å². The van der Waals surface area contributed by atoms with Gasteiger partial charge in [0.05, 0.1) is 24.7 Å². The van der Waals surface area contributed by atoms with Gasteiger partial charge in [-0.1, -0.05) is 12.1 Å².